The van der Waals surface area contributed by atoms with Crippen LogP contribution >= 0.6 is 0 Å². The molecule has 8 nitrogen and oxygen atoms in total. The second kappa shape index (κ2) is 10.6. The molecule has 0 bridgehead atoms. The molecule has 0 aliphatic heterocycles. The molecule has 2 rings (SSSR count). The van der Waals surface area contributed by atoms with Crippen molar-refractivity contribution in [3.05, 3.63) is 54.1 Å². The van der Waals surface area contributed by atoms with Crippen LogP contribution in [0.25, 0.3) is 0 Å². The van der Waals surface area contributed by atoms with E-state index in [9.17, 15) is 18.0 Å². The van der Waals surface area contributed by atoms with E-state index in [1.54, 1.807) is 42.5 Å². The summed E-state index contributed by atoms with van der Waals surface area (Å²) in [5.74, 6) is -0.403. The molecular weight excluding hydrogens is 406 g/mol. The molecule has 0 aliphatic carbocycles. The Hall–Kier alpha value is -3.07. The average Bonchev–Trinajstić information content (AvgIpc) is 2.71. The van der Waals surface area contributed by atoms with Crippen LogP contribution in [-0.4, -0.2) is 46.7 Å². The number of ether oxygens (including phenoxy) is 1. The van der Waals surface area contributed by atoms with Gasteiger partial charge in [0.15, 0.2) is 0 Å². The fourth-order valence-electron chi connectivity index (χ4n) is 2.75. The first-order valence-corrected chi connectivity index (χ1v) is 11.4. The van der Waals surface area contributed by atoms with Crippen molar-refractivity contribution in [2.75, 3.05) is 36.1 Å². The molecule has 9 heteroatoms. The Bertz CT molecular complexity index is 992. The van der Waals surface area contributed by atoms with Crippen molar-refractivity contribution in [3.8, 4) is 5.75 Å². The molecule has 0 heterocycles. The maximum absolute atomic E-state index is 12.7. The van der Waals surface area contributed by atoms with Gasteiger partial charge >= 0.3 is 0 Å². The van der Waals surface area contributed by atoms with Gasteiger partial charge in [0.05, 0.1) is 30.3 Å². The van der Waals surface area contributed by atoms with E-state index in [-0.39, 0.29) is 5.91 Å². The smallest absolute Gasteiger partial charge is 0.253 e. The number of methoxy groups -OCH3 is 1. The van der Waals surface area contributed by atoms with Gasteiger partial charge in [-0.05, 0) is 30.7 Å². The van der Waals surface area contributed by atoms with Gasteiger partial charge in [0, 0.05) is 12.6 Å². The zero-order valence-electron chi connectivity index (χ0n) is 17.3. The number of unbranched alkanes of at least 4 members (excludes halogenated alkanes) is 1. The molecule has 0 aliphatic rings. The van der Waals surface area contributed by atoms with E-state index in [1.165, 1.54) is 13.2 Å². The van der Waals surface area contributed by atoms with Gasteiger partial charge in [-0.3, -0.25) is 13.9 Å². The lowest BCUT2D eigenvalue weighted by Crippen LogP contribution is -2.37. The van der Waals surface area contributed by atoms with Crippen molar-refractivity contribution in [1.82, 2.24) is 5.32 Å². The molecule has 0 unspecified atom stereocenters. The third-order valence-corrected chi connectivity index (χ3v) is 5.43. The van der Waals surface area contributed by atoms with Gasteiger partial charge in [0.25, 0.3) is 5.91 Å². The van der Waals surface area contributed by atoms with Gasteiger partial charge in [0.2, 0.25) is 15.9 Å². The predicted molar refractivity (Wildman–Crippen MR) is 117 cm³/mol. The van der Waals surface area contributed by atoms with Gasteiger partial charge in [-0.15, -0.1) is 0 Å². The summed E-state index contributed by atoms with van der Waals surface area (Å²) >= 11 is 0. The molecule has 162 valence electrons. The zero-order chi connectivity index (χ0) is 22.1. The molecule has 30 heavy (non-hydrogen) atoms. The maximum atomic E-state index is 12.7. The highest BCUT2D eigenvalue weighted by Gasteiger charge is 2.22. The molecule has 2 N–H and O–H groups in total. The molecule has 2 aromatic carbocycles. The van der Waals surface area contributed by atoms with E-state index in [0.717, 1.165) is 23.4 Å². The number of anilines is 2. The van der Waals surface area contributed by atoms with Crippen LogP contribution in [0, 0.1) is 0 Å². The lowest BCUT2D eigenvalue weighted by Gasteiger charge is -2.22. The standard InChI is InChI=1S/C21H27N3O5S/c1-4-5-13-22-21(26)18-11-6-7-12-19(18)23-20(25)15-24(30(3,27)28)16-9-8-10-17(14-16)29-2/h6-12,14H,4-5,13,15H2,1-3H3,(H,22,26)(H,23,25). The van der Waals surface area contributed by atoms with Crippen molar-refractivity contribution in [1.29, 1.82) is 0 Å². The minimum absolute atomic E-state index is 0.299. The fourth-order valence-corrected chi connectivity index (χ4v) is 3.60. The summed E-state index contributed by atoms with van der Waals surface area (Å²) in [6.45, 7) is 2.11. The Balaban J connectivity index is 2.19. The minimum Gasteiger partial charge on any atom is -0.497 e. The Morgan fingerprint density at radius 1 is 1.10 bits per heavy atom. The van der Waals surface area contributed by atoms with Gasteiger partial charge in [-0.2, -0.15) is 0 Å². The van der Waals surface area contributed by atoms with Crippen LogP contribution in [0.1, 0.15) is 30.1 Å². The van der Waals surface area contributed by atoms with Crippen LogP contribution in [0.3, 0.4) is 0 Å². The molecule has 2 amide bonds. The van der Waals surface area contributed by atoms with Crippen molar-refractivity contribution in [2.24, 2.45) is 0 Å². The largest absolute Gasteiger partial charge is 0.497 e. The summed E-state index contributed by atoms with van der Waals surface area (Å²) in [4.78, 5) is 25.1. The lowest BCUT2D eigenvalue weighted by atomic mass is 10.1. The first-order chi connectivity index (χ1) is 14.3. The minimum atomic E-state index is -3.73. The number of para-hydroxylation sites is 1. The number of carbonyl (C=O) groups excluding carboxylic acids is 2. The van der Waals surface area contributed by atoms with Crippen LogP contribution < -0.4 is 19.7 Å². The number of amides is 2. The van der Waals surface area contributed by atoms with Crippen molar-refractivity contribution < 1.29 is 22.7 Å². The highest BCUT2D eigenvalue weighted by atomic mass is 32.2. The number of hydrogen-bond donors (Lipinski definition) is 2. The number of nitrogens with one attached hydrogen (secondary N) is 2. The van der Waals surface area contributed by atoms with E-state index in [0.29, 0.717) is 29.2 Å². The quantitative estimate of drug-likeness (QED) is 0.561. The Morgan fingerprint density at radius 3 is 2.50 bits per heavy atom. The molecule has 0 saturated heterocycles. The molecule has 0 radical (unpaired) electrons. The predicted octanol–water partition coefficient (Wildman–Crippen LogP) is 2.63. The second-order valence-electron chi connectivity index (χ2n) is 6.67. The van der Waals surface area contributed by atoms with Crippen molar-refractivity contribution >= 4 is 33.2 Å². The number of carbonyl (C=O) groups is 2. The van der Waals surface area contributed by atoms with Crippen LogP contribution in [-0.2, 0) is 14.8 Å². The third kappa shape index (κ3) is 6.48. The molecule has 0 fully saturated rings. The number of rotatable bonds is 10. The summed E-state index contributed by atoms with van der Waals surface area (Å²) in [6.07, 6.45) is 2.82. The van der Waals surface area contributed by atoms with Crippen molar-refractivity contribution in [2.45, 2.75) is 19.8 Å². The summed E-state index contributed by atoms with van der Waals surface area (Å²) in [5, 5.41) is 5.45. The summed E-state index contributed by atoms with van der Waals surface area (Å²) in [5.41, 5.74) is 0.933. The highest BCUT2D eigenvalue weighted by molar-refractivity contribution is 7.92. The first-order valence-electron chi connectivity index (χ1n) is 9.55. The zero-order valence-corrected chi connectivity index (χ0v) is 18.2. The Labute approximate surface area is 177 Å². The average molecular weight is 434 g/mol. The third-order valence-electron chi connectivity index (χ3n) is 4.29. The molecule has 0 saturated carbocycles. The topological polar surface area (TPSA) is 105 Å². The van der Waals surface area contributed by atoms with E-state index < -0.39 is 22.5 Å². The molecular formula is C21H27N3O5S. The molecule has 0 atom stereocenters. The maximum Gasteiger partial charge on any atom is 0.253 e. The highest BCUT2D eigenvalue weighted by Crippen LogP contribution is 2.23. The van der Waals surface area contributed by atoms with E-state index >= 15 is 0 Å². The van der Waals surface area contributed by atoms with Crippen LogP contribution in [0.4, 0.5) is 11.4 Å². The number of hydrogen-bond acceptors (Lipinski definition) is 5. The summed E-state index contributed by atoms with van der Waals surface area (Å²) < 4.78 is 30.7. The van der Waals surface area contributed by atoms with Crippen molar-refractivity contribution in [3.63, 3.8) is 0 Å². The number of sulfonamides is 1. The van der Waals surface area contributed by atoms with E-state index in [1.807, 2.05) is 6.92 Å². The lowest BCUT2D eigenvalue weighted by molar-refractivity contribution is -0.114. The normalized spacial score (nSPS) is 10.9. The monoisotopic (exact) mass is 433 g/mol. The van der Waals surface area contributed by atoms with Crippen LogP contribution in [0.2, 0.25) is 0 Å². The Morgan fingerprint density at radius 2 is 1.83 bits per heavy atom. The molecule has 0 aromatic heterocycles. The first kappa shape index (κ1) is 23.2. The Kier molecular flexibility index (Phi) is 8.23. The van der Waals surface area contributed by atoms with Gasteiger partial charge < -0.3 is 15.4 Å². The van der Waals surface area contributed by atoms with E-state index in [2.05, 4.69) is 10.6 Å². The van der Waals surface area contributed by atoms with Gasteiger partial charge in [0.1, 0.15) is 12.3 Å². The number of nitrogens with zero attached hydrogens (tertiary/aromatic N) is 1. The number of benzene rings is 2. The molecule has 2 aromatic rings. The van der Waals surface area contributed by atoms with E-state index in [4.69, 9.17) is 4.74 Å². The summed E-state index contributed by atoms with van der Waals surface area (Å²) in [6, 6.07) is 13.0. The summed E-state index contributed by atoms with van der Waals surface area (Å²) in [7, 11) is -2.26. The van der Waals surface area contributed by atoms with Crippen LogP contribution in [0.5, 0.6) is 5.75 Å². The van der Waals surface area contributed by atoms with Gasteiger partial charge in [-0.25, -0.2) is 8.42 Å². The van der Waals surface area contributed by atoms with Gasteiger partial charge in [-0.1, -0.05) is 31.5 Å². The van der Waals surface area contributed by atoms with Crippen LogP contribution in [0.15, 0.2) is 48.5 Å². The molecule has 0 spiro atoms. The fraction of sp³-hybridized carbons (Fsp3) is 0.333. The second-order valence-corrected chi connectivity index (χ2v) is 8.58. The SMILES string of the molecule is CCCCNC(=O)c1ccccc1NC(=O)CN(c1cccc(OC)c1)S(C)(=O)=O.